The van der Waals surface area contributed by atoms with Gasteiger partial charge >= 0.3 is 0 Å². The molecule has 3 heteroatoms. The van der Waals surface area contributed by atoms with Crippen LogP contribution in [0.2, 0.25) is 0 Å². The van der Waals surface area contributed by atoms with Crippen LogP contribution in [0, 0.1) is 0 Å². The Morgan fingerprint density at radius 1 is 1.36 bits per heavy atom. The molecular weight excluding hydrogens is 142 g/mol. The molecule has 0 amide bonds. The molecule has 0 saturated carbocycles. The van der Waals surface area contributed by atoms with E-state index in [-0.39, 0.29) is 0 Å². The molecule has 66 valence electrons. The number of hydroxylamine groups is 2. The van der Waals surface area contributed by atoms with Crippen molar-refractivity contribution in [3.05, 3.63) is 0 Å². The van der Waals surface area contributed by atoms with E-state index in [4.69, 9.17) is 9.57 Å². The van der Waals surface area contributed by atoms with Gasteiger partial charge in [-0.3, -0.25) is 4.84 Å². The summed E-state index contributed by atoms with van der Waals surface area (Å²) >= 11 is 0. The van der Waals surface area contributed by atoms with Crippen LogP contribution in [0.4, 0.5) is 0 Å². The Morgan fingerprint density at radius 3 is 2.73 bits per heavy atom. The largest absolute Gasteiger partial charge is 0.379 e. The van der Waals surface area contributed by atoms with Crippen LogP contribution in [0.3, 0.4) is 0 Å². The Balaban J connectivity index is 1.96. The normalized spacial score (nSPS) is 20.5. The van der Waals surface area contributed by atoms with E-state index in [9.17, 15) is 0 Å². The highest BCUT2D eigenvalue weighted by atomic mass is 16.7. The third-order valence-corrected chi connectivity index (χ3v) is 1.74. The summed E-state index contributed by atoms with van der Waals surface area (Å²) in [7, 11) is 0. The minimum absolute atomic E-state index is 0.812. The van der Waals surface area contributed by atoms with Gasteiger partial charge in [-0.15, -0.1) is 0 Å². The third-order valence-electron chi connectivity index (χ3n) is 1.74. The van der Waals surface area contributed by atoms with Crippen molar-refractivity contribution in [2.75, 3.05) is 32.9 Å². The Kier molecular flexibility index (Phi) is 4.50. The molecule has 0 N–H and O–H groups in total. The number of hydrogen-bond acceptors (Lipinski definition) is 3. The highest BCUT2D eigenvalue weighted by Gasteiger charge is 2.09. The summed E-state index contributed by atoms with van der Waals surface area (Å²) in [6, 6.07) is 0. The van der Waals surface area contributed by atoms with Crippen molar-refractivity contribution < 1.29 is 9.57 Å². The molecule has 1 rings (SSSR count). The molecule has 11 heavy (non-hydrogen) atoms. The smallest absolute Gasteiger partial charge is 0.0685 e. The lowest BCUT2D eigenvalue weighted by molar-refractivity contribution is -0.194. The van der Waals surface area contributed by atoms with E-state index in [1.165, 1.54) is 6.42 Å². The van der Waals surface area contributed by atoms with Gasteiger partial charge in [0, 0.05) is 13.1 Å². The van der Waals surface area contributed by atoms with Crippen molar-refractivity contribution in [1.29, 1.82) is 0 Å². The van der Waals surface area contributed by atoms with E-state index in [2.05, 4.69) is 6.92 Å². The molecule has 1 saturated heterocycles. The van der Waals surface area contributed by atoms with Gasteiger partial charge in [0.15, 0.2) is 0 Å². The standard InChI is InChI=1S/C8H17NO2/c1-2-3-6-11-9-4-7-10-8-5-9/h2-8H2,1H3. The molecule has 0 aromatic carbocycles. The monoisotopic (exact) mass is 159 g/mol. The first-order valence-electron chi connectivity index (χ1n) is 4.39. The summed E-state index contributed by atoms with van der Waals surface area (Å²) in [6.07, 6.45) is 2.35. The van der Waals surface area contributed by atoms with Crippen LogP contribution in [0.5, 0.6) is 0 Å². The zero-order valence-corrected chi connectivity index (χ0v) is 7.21. The van der Waals surface area contributed by atoms with Crippen molar-refractivity contribution in [1.82, 2.24) is 5.06 Å². The van der Waals surface area contributed by atoms with Crippen molar-refractivity contribution in [2.24, 2.45) is 0 Å². The predicted octanol–water partition coefficient (Wildman–Crippen LogP) is 1.05. The van der Waals surface area contributed by atoms with Gasteiger partial charge in [-0.25, -0.2) is 0 Å². The first-order valence-corrected chi connectivity index (χ1v) is 4.39. The van der Waals surface area contributed by atoms with Gasteiger partial charge in [-0.05, 0) is 6.42 Å². The van der Waals surface area contributed by atoms with Crippen molar-refractivity contribution in [2.45, 2.75) is 19.8 Å². The fourth-order valence-corrected chi connectivity index (χ4v) is 1.01. The van der Waals surface area contributed by atoms with Crippen LogP contribution in [0.25, 0.3) is 0 Å². The van der Waals surface area contributed by atoms with E-state index in [1.54, 1.807) is 0 Å². The average Bonchev–Trinajstić information content (AvgIpc) is 2.07. The summed E-state index contributed by atoms with van der Waals surface area (Å²) in [5, 5.41) is 2.00. The maximum Gasteiger partial charge on any atom is 0.0685 e. The highest BCUT2D eigenvalue weighted by molar-refractivity contribution is 4.51. The number of rotatable bonds is 4. The topological polar surface area (TPSA) is 21.7 Å². The molecule has 0 aliphatic carbocycles. The Labute approximate surface area is 68.2 Å². The van der Waals surface area contributed by atoms with Gasteiger partial charge in [0.1, 0.15) is 0 Å². The molecule has 0 spiro atoms. The average molecular weight is 159 g/mol. The molecular formula is C8H17NO2. The molecule has 3 nitrogen and oxygen atoms in total. The second-order valence-corrected chi connectivity index (χ2v) is 2.73. The van der Waals surface area contributed by atoms with Crippen LogP contribution in [-0.2, 0) is 9.57 Å². The second kappa shape index (κ2) is 5.52. The lowest BCUT2D eigenvalue weighted by Crippen LogP contribution is -2.36. The van der Waals surface area contributed by atoms with Gasteiger partial charge in [0.25, 0.3) is 0 Å². The van der Waals surface area contributed by atoms with Crippen LogP contribution in [-0.4, -0.2) is 38.0 Å². The van der Waals surface area contributed by atoms with E-state index < -0.39 is 0 Å². The molecule has 0 aromatic rings. The second-order valence-electron chi connectivity index (χ2n) is 2.73. The number of nitrogens with zero attached hydrogens (tertiary/aromatic N) is 1. The third kappa shape index (κ3) is 3.70. The van der Waals surface area contributed by atoms with Crippen LogP contribution >= 0.6 is 0 Å². The molecule has 1 aliphatic rings. The lowest BCUT2D eigenvalue weighted by Gasteiger charge is -2.25. The Hall–Kier alpha value is -0.120. The van der Waals surface area contributed by atoms with Gasteiger partial charge < -0.3 is 4.74 Å². The summed E-state index contributed by atoms with van der Waals surface area (Å²) in [4.78, 5) is 5.48. The lowest BCUT2D eigenvalue weighted by atomic mass is 10.4. The minimum atomic E-state index is 0.812. The van der Waals surface area contributed by atoms with Crippen LogP contribution < -0.4 is 0 Å². The van der Waals surface area contributed by atoms with E-state index in [0.29, 0.717) is 0 Å². The summed E-state index contributed by atoms with van der Waals surface area (Å²) < 4.78 is 5.18. The number of morpholine rings is 1. The maximum atomic E-state index is 5.48. The summed E-state index contributed by atoms with van der Waals surface area (Å²) in [6.45, 7) is 6.49. The Morgan fingerprint density at radius 2 is 2.09 bits per heavy atom. The van der Waals surface area contributed by atoms with E-state index in [1.807, 2.05) is 5.06 Å². The zero-order chi connectivity index (χ0) is 7.94. The molecule has 0 radical (unpaired) electrons. The first kappa shape index (κ1) is 8.97. The molecule has 1 aliphatic heterocycles. The predicted molar refractivity (Wildman–Crippen MR) is 43.3 cm³/mol. The van der Waals surface area contributed by atoms with Crippen LogP contribution in [0.15, 0.2) is 0 Å². The number of ether oxygens (including phenoxy) is 1. The Bertz CT molecular complexity index is 92.1. The van der Waals surface area contributed by atoms with E-state index in [0.717, 1.165) is 39.3 Å². The fraction of sp³-hybridized carbons (Fsp3) is 1.00. The summed E-state index contributed by atoms with van der Waals surface area (Å²) in [5.41, 5.74) is 0. The summed E-state index contributed by atoms with van der Waals surface area (Å²) in [5.74, 6) is 0. The molecule has 0 atom stereocenters. The van der Waals surface area contributed by atoms with Gasteiger partial charge in [-0.2, -0.15) is 5.06 Å². The molecule has 0 aromatic heterocycles. The highest BCUT2D eigenvalue weighted by Crippen LogP contribution is 1.98. The quantitative estimate of drug-likeness (QED) is 0.572. The molecule has 1 heterocycles. The molecule has 0 unspecified atom stereocenters. The SMILES string of the molecule is CCCCON1CCOCC1. The van der Waals surface area contributed by atoms with Crippen molar-refractivity contribution in [3.8, 4) is 0 Å². The zero-order valence-electron chi connectivity index (χ0n) is 7.21. The fourth-order valence-electron chi connectivity index (χ4n) is 1.01. The van der Waals surface area contributed by atoms with Crippen molar-refractivity contribution >= 4 is 0 Å². The van der Waals surface area contributed by atoms with Gasteiger partial charge in [0.05, 0.1) is 19.8 Å². The number of unbranched alkanes of at least 4 members (excludes halogenated alkanes) is 1. The minimum Gasteiger partial charge on any atom is -0.379 e. The van der Waals surface area contributed by atoms with E-state index >= 15 is 0 Å². The molecule has 0 bridgehead atoms. The first-order chi connectivity index (χ1) is 5.43. The van der Waals surface area contributed by atoms with Gasteiger partial charge in [-0.1, -0.05) is 13.3 Å². The molecule has 1 fully saturated rings. The van der Waals surface area contributed by atoms with Crippen LogP contribution in [0.1, 0.15) is 19.8 Å². The van der Waals surface area contributed by atoms with Gasteiger partial charge in [0.2, 0.25) is 0 Å². The van der Waals surface area contributed by atoms with Crippen molar-refractivity contribution in [3.63, 3.8) is 0 Å². The maximum absolute atomic E-state index is 5.48. The number of hydrogen-bond donors (Lipinski definition) is 0.